The van der Waals surface area contributed by atoms with E-state index in [9.17, 15) is 4.39 Å². The van der Waals surface area contributed by atoms with Crippen LogP contribution in [0, 0.1) is 5.82 Å². The average molecular weight is 316 g/mol. The first kappa shape index (κ1) is 13.3. The van der Waals surface area contributed by atoms with Crippen LogP contribution in [-0.2, 0) is 0 Å². The van der Waals surface area contributed by atoms with E-state index in [2.05, 4.69) is 28.5 Å². The molecule has 0 spiro atoms. The maximum absolute atomic E-state index is 13.5. The van der Waals surface area contributed by atoms with Crippen molar-refractivity contribution in [1.82, 2.24) is 18.7 Å². The van der Waals surface area contributed by atoms with E-state index in [4.69, 9.17) is 0 Å². The molecule has 0 N–H and O–H groups in total. The lowest BCUT2D eigenvalue weighted by Gasteiger charge is -2.35. The Balaban J connectivity index is 1.60. The minimum absolute atomic E-state index is 0.268. The number of benzene rings is 1. The molecule has 3 heterocycles. The largest absolute Gasteiger partial charge is 0.352 e. The monoisotopic (exact) mass is 316 g/mol. The number of halogens is 1. The van der Waals surface area contributed by atoms with Crippen molar-refractivity contribution in [3.8, 4) is 0 Å². The van der Waals surface area contributed by atoms with Crippen LogP contribution in [0.15, 0.2) is 30.7 Å². The Morgan fingerprint density at radius 1 is 1.05 bits per heavy atom. The van der Waals surface area contributed by atoms with Gasteiger partial charge in [-0.25, -0.2) is 14.4 Å². The van der Waals surface area contributed by atoms with Gasteiger partial charge in [0.25, 0.3) is 0 Å². The van der Waals surface area contributed by atoms with Gasteiger partial charge in [-0.1, -0.05) is 0 Å². The Labute approximate surface area is 130 Å². The van der Waals surface area contributed by atoms with E-state index in [1.165, 1.54) is 30.2 Å². The van der Waals surface area contributed by atoms with Crippen molar-refractivity contribution < 1.29 is 4.39 Å². The predicted octanol–water partition coefficient (Wildman–Crippen LogP) is 1.95. The van der Waals surface area contributed by atoms with E-state index in [0.29, 0.717) is 0 Å². The fourth-order valence-electron chi connectivity index (χ4n) is 2.71. The molecule has 8 heteroatoms. The zero-order valence-electron chi connectivity index (χ0n) is 11.7. The summed E-state index contributed by atoms with van der Waals surface area (Å²) in [6.07, 6.45) is 3.32. The van der Waals surface area contributed by atoms with Gasteiger partial charge in [0, 0.05) is 31.6 Å². The number of fused-ring (bicyclic) bond motifs is 1. The lowest BCUT2D eigenvalue weighted by atomic mass is 10.2. The molecule has 0 aliphatic carbocycles. The molecule has 0 unspecified atom stereocenters. The highest BCUT2D eigenvalue weighted by atomic mass is 32.1. The third kappa shape index (κ3) is 2.35. The molecule has 22 heavy (non-hydrogen) atoms. The molecule has 0 saturated carbocycles. The van der Waals surface area contributed by atoms with Gasteiger partial charge in [-0.15, -0.1) is 0 Å². The van der Waals surface area contributed by atoms with Crippen molar-refractivity contribution in [1.29, 1.82) is 0 Å². The molecule has 112 valence electrons. The fourth-order valence-corrected chi connectivity index (χ4v) is 3.15. The summed E-state index contributed by atoms with van der Waals surface area (Å²) in [6.45, 7) is 3.29. The number of hydrogen-bond acceptors (Lipinski definition) is 7. The summed E-state index contributed by atoms with van der Waals surface area (Å²) >= 11 is 1.22. The van der Waals surface area contributed by atoms with Gasteiger partial charge in [-0.2, -0.15) is 8.75 Å². The molecule has 2 aromatic heterocycles. The Morgan fingerprint density at radius 2 is 1.86 bits per heavy atom. The normalized spacial score (nSPS) is 15.5. The van der Waals surface area contributed by atoms with Crippen LogP contribution in [0.3, 0.4) is 0 Å². The SMILES string of the molecule is Fc1ccc2ncnc(N3CCN(c4cnsn4)CC3)c2c1. The number of anilines is 2. The van der Waals surface area contributed by atoms with E-state index < -0.39 is 0 Å². The first-order valence-corrected chi connectivity index (χ1v) is 7.72. The maximum atomic E-state index is 13.5. The molecule has 0 bridgehead atoms. The molecule has 0 amide bonds. The summed E-state index contributed by atoms with van der Waals surface area (Å²) < 4.78 is 21.8. The number of rotatable bonds is 2. The van der Waals surface area contributed by atoms with E-state index in [-0.39, 0.29) is 5.82 Å². The highest BCUT2D eigenvalue weighted by Gasteiger charge is 2.21. The summed E-state index contributed by atoms with van der Waals surface area (Å²) in [4.78, 5) is 12.9. The van der Waals surface area contributed by atoms with Crippen molar-refractivity contribution in [2.75, 3.05) is 36.0 Å². The van der Waals surface area contributed by atoms with Crippen molar-refractivity contribution in [2.45, 2.75) is 0 Å². The maximum Gasteiger partial charge on any atom is 0.162 e. The van der Waals surface area contributed by atoms with Crippen LogP contribution in [0.1, 0.15) is 0 Å². The van der Waals surface area contributed by atoms with Gasteiger partial charge in [-0.3, -0.25) is 0 Å². The van der Waals surface area contributed by atoms with Crippen molar-refractivity contribution >= 4 is 34.3 Å². The van der Waals surface area contributed by atoms with E-state index >= 15 is 0 Å². The van der Waals surface area contributed by atoms with Crippen LogP contribution in [0.2, 0.25) is 0 Å². The predicted molar refractivity (Wildman–Crippen MR) is 83.8 cm³/mol. The number of aromatic nitrogens is 4. The van der Waals surface area contributed by atoms with Crippen LogP contribution >= 0.6 is 11.7 Å². The van der Waals surface area contributed by atoms with Crippen LogP contribution in [0.4, 0.5) is 16.0 Å². The van der Waals surface area contributed by atoms with E-state index in [0.717, 1.165) is 48.7 Å². The molecule has 0 radical (unpaired) electrons. The Bertz CT molecular complexity index is 785. The van der Waals surface area contributed by atoms with Gasteiger partial charge in [0.1, 0.15) is 18.0 Å². The summed E-state index contributed by atoms with van der Waals surface area (Å²) in [5.41, 5.74) is 0.762. The smallest absolute Gasteiger partial charge is 0.162 e. The Kier molecular flexibility index (Phi) is 3.30. The molecule has 1 saturated heterocycles. The molecule has 1 aliphatic heterocycles. The second kappa shape index (κ2) is 5.45. The highest BCUT2D eigenvalue weighted by Crippen LogP contribution is 2.25. The molecule has 3 aromatic rings. The molecular weight excluding hydrogens is 303 g/mol. The number of hydrogen-bond donors (Lipinski definition) is 0. The number of piperazine rings is 1. The highest BCUT2D eigenvalue weighted by molar-refractivity contribution is 6.99. The Hall–Kier alpha value is -2.35. The second-order valence-electron chi connectivity index (χ2n) is 5.10. The average Bonchev–Trinajstić information content (AvgIpc) is 3.09. The minimum atomic E-state index is -0.268. The van der Waals surface area contributed by atoms with Gasteiger partial charge in [0.05, 0.1) is 23.4 Å². The summed E-state index contributed by atoms with van der Waals surface area (Å²) in [7, 11) is 0. The van der Waals surface area contributed by atoms with Crippen LogP contribution in [-0.4, -0.2) is 44.9 Å². The first-order valence-electron chi connectivity index (χ1n) is 6.99. The zero-order valence-corrected chi connectivity index (χ0v) is 12.5. The molecule has 1 fully saturated rings. The minimum Gasteiger partial charge on any atom is -0.352 e. The van der Waals surface area contributed by atoms with Gasteiger partial charge in [0.15, 0.2) is 5.82 Å². The molecule has 6 nitrogen and oxygen atoms in total. The number of nitrogens with zero attached hydrogens (tertiary/aromatic N) is 6. The molecule has 0 atom stereocenters. The standard InChI is InChI=1S/C14H13FN6S/c15-10-1-2-12-11(7-10)14(17-9-16-12)21-5-3-20(4-6-21)13-8-18-22-19-13/h1-2,7-9H,3-6H2. The van der Waals surface area contributed by atoms with Crippen molar-refractivity contribution in [2.24, 2.45) is 0 Å². The molecule has 1 aliphatic rings. The van der Waals surface area contributed by atoms with E-state index in [1.807, 2.05) is 0 Å². The van der Waals surface area contributed by atoms with Gasteiger partial charge >= 0.3 is 0 Å². The fraction of sp³-hybridized carbons (Fsp3) is 0.286. The lowest BCUT2D eigenvalue weighted by Crippen LogP contribution is -2.47. The lowest BCUT2D eigenvalue weighted by molar-refractivity contribution is 0.628. The third-order valence-corrected chi connectivity index (χ3v) is 4.30. The van der Waals surface area contributed by atoms with Crippen molar-refractivity contribution in [3.05, 3.63) is 36.5 Å². The van der Waals surface area contributed by atoms with Crippen LogP contribution in [0.5, 0.6) is 0 Å². The van der Waals surface area contributed by atoms with Gasteiger partial charge < -0.3 is 9.80 Å². The first-order chi connectivity index (χ1) is 10.8. The summed E-state index contributed by atoms with van der Waals surface area (Å²) in [5.74, 6) is 1.44. The topological polar surface area (TPSA) is 58.0 Å². The third-order valence-electron chi connectivity index (χ3n) is 3.83. The second-order valence-corrected chi connectivity index (χ2v) is 5.66. The molecular formula is C14H13FN6S. The van der Waals surface area contributed by atoms with Gasteiger partial charge in [-0.05, 0) is 18.2 Å². The van der Waals surface area contributed by atoms with Crippen LogP contribution in [0.25, 0.3) is 10.9 Å². The van der Waals surface area contributed by atoms with Crippen LogP contribution < -0.4 is 9.80 Å². The summed E-state index contributed by atoms with van der Waals surface area (Å²) in [5, 5.41) is 0.756. The van der Waals surface area contributed by atoms with Crippen molar-refractivity contribution in [3.63, 3.8) is 0 Å². The van der Waals surface area contributed by atoms with Gasteiger partial charge in [0.2, 0.25) is 0 Å². The quantitative estimate of drug-likeness (QED) is 0.720. The Morgan fingerprint density at radius 3 is 2.64 bits per heavy atom. The molecule has 1 aromatic carbocycles. The van der Waals surface area contributed by atoms with E-state index in [1.54, 1.807) is 12.3 Å². The molecule has 4 rings (SSSR count). The summed E-state index contributed by atoms with van der Waals surface area (Å²) in [6, 6.07) is 4.61. The zero-order chi connectivity index (χ0) is 14.9.